The second-order valence-corrected chi connectivity index (χ2v) is 11.0. The Morgan fingerprint density at radius 2 is 1.68 bits per heavy atom. The van der Waals surface area contributed by atoms with Crippen molar-refractivity contribution in [3.05, 3.63) is 104 Å². The van der Waals surface area contributed by atoms with E-state index in [1.54, 1.807) is 4.90 Å². The van der Waals surface area contributed by atoms with Crippen LogP contribution in [0.1, 0.15) is 49.3 Å². The summed E-state index contributed by atoms with van der Waals surface area (Å²) >= 11 is 1.20. The van der Waals surface area contributed by atoms with Crippen molar-refractivity contribution < 1.29 is 9.53 Å². The first-order chi connectivity index (χ1) is 19.5. The van der Waals surface area contributed by atoms with Crippen LogP contribution in [0.3, 0.4) is 0 Å². The Morgan fingerprint density at radius 1 is 0.900 bits per heavy atom. The third kappa shape index (κ3) is 4.91. The fourth-order valence-corrected chi connectivity index (χ4v) is 5.96. The molecule has 6 rings (SSSR count). The summed E-state index contributed by atoms with van der Waals surface area (Å²) in [7, 11) is 0. The highest BCUT2D eigenvalue weighted by Crippen LogP contribution is 2.36. The summed E-state index contributed by atoms with van der Waals surface area (Å²) in [5.74, 6) is 1.08. The quantitative estimate of drug-likeness (QED) is 0.225. The minimum absolute atomic E-state index is 0.186. The van der Waals surface area contributed by atoms with Gasteiger partial charge in [0.05, 0.1) is 24.4 Å². The van der Waals surface area contributed by atoms with Crippen LogP contribution in [0, 0.1) is 6.92 Å². The van der Waals surface area contributed by atoms with Crippen molar-refractivity contribution in [3.8, 4) is 17.1 Å². The third-order valence-corrected chi connectivity index (χ3v) is 8.18. The molecule has 0 radical (unpaired) electrons. The molecule has 8 heteroatoms. The van der Waals surface area contributed by atoms with Crippen LogP contribution in [0.4, 0.5) is 5.69 Å². The van der Waals surface area contributed by atoms with Crippen molar-refractivity contribution in [2.75, 3.05) is 11.5 Å². The number of hydrogen-bond donors (Lipinski definition) is 0. The molecule has 3 aromatic carbocycles. The molecule has 7 nitrogen and oxygen atoms in total. The first kappa shape index (κ1) is 26.0. The molecule has 2 aromatic heterocycles. The van der Waals surface area contributed by atoms with E-state index in [1.165, 1.54) is 35.1 Å². The van der Waals surface area contributed by atoms with Crippen LogP contribution in [-0.4, -0.2) is 27.1 Å². The minimum atomic E-state index is -0.332. The van der Waals surface area contributed by atoms with Crippen molar-refractivity contribution in [2.45, 2.75) is 46.1 Å². The second-order valence-electron chi connectivity index (χ2n) is 10.1. The van der Waals surface area contributed by atoms with Crippen molar-refractivity contribution in [2.24, 2.45) is 0 Å². The van der Waals surface area contributed by atoms with E-state index in [1.807, 2.05) is 79.7 Å². The van der Waals surface area contributed by atoms with Gasteiger partial charge in [-0.2, -0.15) is 9.50 Å². The van der Waals surface area contributed by atoms with Gasteiger partial charge in [0.25, 0.3) is 11.5 Å². The van der Waals surface area contributed by atoms with Gasteiger partial charge in [0.2, 0.25) is 4.96 Å². The SMILES string of the molecule is CCCCCCOc1ccc(-c2nc3sc(=C4C(=O)N(Cc5ccc(C)cc5)c5ccccc54)c(=O)n3n2)cc1. The van der Waals surface area contributed by atoms with Gasteiger partial charge in [0.15, 0.2) is 5.82 Å². The molecule has 0 aliphatic carbocycles. The van der Waals surface area contributed by atoms with Crippen molar-refractivity contribution in [1.82, 2.24) is 14.6 Å². The van der Waals surface area contributed by atoms with Crippen molar-refractivity contribution >= 4 is 33.5 Å². The van der Waals surface area contributed by atoms with Crippen LogP contribution in [-0.2, 0) is 11.3 Å². The highest BCUT2D eigenvalue weighted by atomic mass is 32.1. The molecule has 5 aromatic rings. The molecule has 0 unspecified atom stereocenters. The molecule has 1 amide bonds. The van der Waals surface area contributed by atoms with Crippen LogP contribution in [0.25, 0.3) is 21.9 Å². The number of hydrogen-bond acceptors (Lipinski definition) is 6. The molecule has 0 saturated carbocycles. The minimum Gasteiger partial charge on any atom is -0.494 e. The maximum atomic E-state index is 13.7. The maximum Gasteiger partial charge on any atom is 0.291 e. The molecule has 40 heavy (non-hydrogen) atoms. The van der Waals surface area contributed by atoms with Gasteiger partial charge in [-0.15, -0.1) is 5.10 Å². The summed E-state index contributed by atoms with van der Waals surface area (Å²) in [6.45, 7) is 5.35. The lowest BCUT2D eigenvalue weighted by Gasteiger charge is -2.17. The predicted octanol–water partition coefficient (Wildman–Crippen LogP) is 5.55. The summed E-state index contributed by atoms with van der Waals surface area (Å²) in [5, 5.41) is 4.50. The lowest BCUT2D eigenvalue weighted by Crippen LogP contribution is -2.32. The monoisotopic (exact) mass is 550 g/mol. The Kier molecular flexibility index (Phi) is 7.17. The second kappa shape index (κ2) is 11.1. The molecule has 0 N–H and O–H groups in total. The van der Waals surface area contributed by atoms with Gasteiger partial charge in [0, 0.05) is 11.1 Å². The van der Waals surface area contributed by atoms with E-state index in [2.05, 4.69) is 17.0 Å². The summed E-state index contributed by atoms with van der Waals surface area (Å²) in [6.07, 6.45) is 4.63. The smallest absolute Gasteiger partial charge is 0.291 e. The average Bonchev–Trinajstić information content (AvgIpc) is 3.61. The van der Waals surface area contributed by atoms with Crippen LogP contribution < -0.4 is 19.7 Å². The molecule has 0 saturated heterocycles. The summed E-state index contributed by atoms with van der Waals surface area (Å²) in [4.78, 5) is 34.1. The average molecular weight is 551 g/mol. The van der Waals surface area contributed by atoms with E-state index in [-0.39, 0.29) is 11.5 Å². The summed E-state index contributed by atoms with van der Waals surface area (Å²) in [5.41, 5.74) is 4.62. The van der Waals surface area contributed by atoms with Crippen molar-refractivity contribution in [3.63, 3.8) is 0 Å². The molecule has 202 valence electrons. The standard InChI is InChI=1S/C32H30N4O3S/c1-3-4-5-8-19-39-24-17-15-23(16-18-24)29-33-32-36(34-29)31(38)28(40-32)27-25-9-6-7-10-26(25)35(30(27)37)20-22-13-11-21(2)12-14-22/h6-7,9-18H,3-5,8,19-20H2,1-2H3. The Labute approximate surface area is 236 Å². The number of nitrogens with zero attached hydrogens (tertiary/aromatic N) is 4. The first-order valence-electron chi connectivity index (χ1n) is 13.7. The van der Waals surface area contributed by atoms with Gasteiger partial charge in [-0.3, -0.25) is 9.59 Å². The molecule has 0 spiro atoms. The van der Waals surface area contributed by atoms with Gasteiger partial charge in [-0.25, -0.2) is 0 Å². The number of thiazole rings is 1. The Hall–Kier alpha value is -4.30. The van der Waals surface area contributed by atoms with Crippen molar-refractivity contribution in [1.29, 1.82) is 0 Å². The van der Waals surface area contributed by atoms with Gasteiger partial charge >= 0.3 is 0 Å². The first-order valence-corrected chi connectivity index (χ1v) is 14.5. The lowest BCUT2D eigenvalue weighted by molar-refractivity contribution is -0.113. The van der Waals surface area contributed by atoms with E-state index in [9.17, 15) is 9.59 Å². The Balaban J connectivity index is 1.30. The molecule has 0 bridgehead atoms. The fourth-order valence-electron chi connectivity index (χ4n) is 4.96. The van der Waals surface area contributed by atoms with Gasteiger partial charge < -0.3 is 9.64 Å². The number of anilines is 1. The number of amides is 1. The number of rotatable bonds is 9. The Morgan fingerprint density at radius 3 is 2.42 bits per heavy atom. The van der Waals surface area contributed by atoms with Crippen LogP contribution in [0.2, 0.25) is 0 Å². The molecular formula is C32H30N4O3S. The largest absolute Gasteiger partial charge is 0.494 e. The Bertz CT molecular complexity index is 1790. The van der Waals surface area contributed by atoms with Crippen LogP contribution in [0.15, 0.2) is 77.6 Å². The lowest BCUT2D eigenvalue weighted by atomic mass is 10.1. The van der Waals surface area contributed by atoms with E-state index in [0.29, 0.717) is 34.0 Å². The van der Waals surface area contributed by atoms with E-state index in [4.69, 9.17) is 4.74 Å². The molecular weight excluding hydrogens is 520 g/mol. The molecule has 0 fully saturated rings. The number of carbonyl (C=O) groups excluding carboxylic acids is 1. The van der Waals surface area contributed by atoms with E-state index >= 15 is 0 Å². The molecule has 0 atom stereocenters. The summed E-state index contributed by atoms with van der Waals surface area (Å²) < 4.78 is 7.50. The molecule has 3 heterocycles. The predicted molar refractivity (Wildman–Crippen MR) is 159 cm³/mol. The number of para-hydroxylation sites is 1. The number of ether oxygens (including phenoxy) is 1. The van der Waals surface area contributed by atoms with E-state index < -0.39 is 0 Å². The van der Waals surface area contributed by atoms with Crippen LogP contribution >= 0.6 is 11.3 Å². The number of aromatic nitrogens is 3. The third-order valence-electron chi connectivity index (χ3n) is 7.15. The van der Waals surface area contributed by atoms with Gasteiger partial charge in [0.1, 0.15) is 10.3 Å². The number of carbonyl (C=O) groups is 1. The zero-order valence-electron chi connectivity index (χ0n) is 22.6. The topological polar surface area (TPSA) is 76.8 Å². The maximum absolute atomic E-state index is 13.7. The highest BCUT2D eigenvalue weighted by molar-refractivity contribution is 7.15. The molecule has 1 aliphatic rings. The number of aryl methyl sites for hydroxylation is 1. The zero-order valence-corrected chi connectivity index (χ0v) is 23.4. The van der Waals surface area contributed by atoms with Crippen LogP contribution in [0.5, 0.6) is 5.75 Å². The molecule has 1 aliphatic heterocycles. The summed E-state index contributed by atoms with van der Waals surface area (Å²) in [6, 6.07) is 23.4. The normalized spacial score (nSPS) is 14.2. The van der Waals surface area contributed by atoms with E-state index in [0.717, 1.165) is 40.1 Å². The number of unbranched alkanes of at least 4 members (excludes halogenated alkanes) is 3. The number of fused-ring (bicyclic) bond motifs is 2. The van der Waals surface area contributed by atoms with Gasteiger partial charge in [-0.1, -0.05) is 85.6 Å². The highest BCUT2D eigenvalue weighted by Gasteiger charge is 2.34. The zero-order chi connectivity index (χ0) is 27.6. The van der Waals surface area contributed by atoms with Gasteiger partial charge in [-0.05, 0) is 49.2 Å². The fraction of sp³-hybridized carbons (Fsp3) is 0.250. The number of benzene rings is 3.